The minimum Gasteiger partial charge on any atom is -0.453 e. The van der Waals surface area contributed by atoms with Gasteiger partial charge >= 0.3 is 0 Å². The maximum absolute atomic E-state index is 5.67. The fraction of sp³-hybridized carbons (Fsp3) is 0.250. The number of ether oxygens (including phenoxy) is 2. The number of nitrogen functional groups attached to an aromatic ring is 1. The van der Waals surface area contributed by atoms with Crippen molar-refractivity contribution in [2.45, 2.75) is 6.92 Å². The summed E-state index contributed by atoms with van der Waals surface area (Å²) in [4.78, 5) is 0. The van der Waals surface area contributed by atoms with Gasteiger partial charge in [-0.2, -0.15) is 0 Å². The molecule has 1 aliphatic heterocycles. The average Bonchev–Trinajstić information content (AvgIpc) is 2.34. The van der Waals surface area contributed by atoms with Crippen LogP contribution in [0.3, 0.4) is 0 Å². The van der Waals surface area contributed by atoms with E-state index in [0.717, 1.165) is 11.3 Å². The van der Waals surface area contributed by atoms with Crippen molar-refractivity contribution in [2.75, 3.05) is 12.5 Å². The summed E-state index contributed by atoms with van der Waals surface area (Å²) in [6.45, 7) is 2.25. The molecule has 1 aliphatic rings. The summed E-state index contributed by atoms with van der Waals surface area (Å²) in [5.74, 6) is 1.43. The van der Waals surface area contributed by atoms with Gasteiger partial charge in [0.2, 0.25) is 6.79 Å². The number of hydrogen-bond donors (Lipinski definition) is 1. The molecule has 2 N–H and O–H groups in total. The normalized spacial score (nSPS) is 13.5. The van der Waals surface area contributed by atoms with E-state index in [0.29, 0.717) is 11.4 Å². The lowest BCUT2D eigenvalue weighted by Crippen LogP contribution is -1.94. The number of rotatable bonds is 0. The number of fused-ring (bicyclic) bond motifs is 1. The number of benzene rings is 1. The van der Waals surface area contributed by atoms with E-state index in [1.807, 2.05) is 19.1 Å². The van der Waals surface area contributed by atoms with E-state index < -0.39 is 0 Å². The van der Waals surface area contributed by atoms with Crippen molar-refractivity contribution < 1.29 is 9.47 Å². The molecule has 0 unspecified atom stereocenters. The van der Waals surface area contributed by atoms with Gasteiger partial charge in [-0.05, 0) is 24.6 Å². The van der Waals surface area contributed by atoms with Crippen LogP contribution in [-0.4, -0.2) is 6.79 Å². The Bertz CT molecular complexity index is 296. The Labute approximate surface area is 64.7 Å². The van der Waals surface area contributed by atoms with Crippen LogP contribution in [-0.2, 0) is 0 Å². The molecule has 3 heteroatoms. The van der Waals surface area contributed by atoms with Gasteiger partial charge in [0.05, 0.1) is 5.69 Å². The SMILES string of the molecule is Cc1cc(N)c2c(c1)OCO2. The second-order valence-electron chi connectivity index (χ2n) is 2.59. The molecule has 1 heterocycles. The van der Waals surface area contributed by atoms with E-state index in [1.165, 1.54) is 0 Å². The molecule has 0 saturated carbocycles. The zero-order valence-electron chi connectivity index (χ0n) is 6.26. The van der Waals surface area contributed by atoms with Gasteiger partial charge in [0.25, 0.3) is 0 Å². The van der Waals surface area contributed by atoms with Gasteiger partial charge < -0.3 is 15.2 Å². The second kappa shape index (κ2) is 2.05. The zero-order chi connectivity index (χ0) is 7.84. The summed E-state index contributed by atoms with van der Waals surface area (Å²) in [7, 11) is 0. The van der Waals surface area contributed by atoms with Gasteiger partial charge in [0.15, 0.2) is 11.5 Å². The summed E-state index contributed by atoms with van der Waals surface area (Å²) < 4.78 is 10.3. The van der Waals surface area contributed by atoms with Gasteiger partial charge in [-0.15, -0.1) is 0 Å². The molecule has 2 rings (SSSR count). The molecule has 0 atom stereocenters. The van der Waals surface area contributed by atoms with E-state index in [-0.39, 0.29) is 6.79 Å². The Morgan fingerprint density at radius 2 is 2.18 bits per heavy atom. The predicted molar refractivity (Wildman–Crippen MR) is 41.7 cm³/mol. The second-order valence-corrected chi connectivity index (χ2v) is 2.59. The lowest BCUT2D eigenvalue weighted by atomic mass is 10.2. The third kappa shape index (κ3) is 0.888. The number of hydrogen-bond acceptors (Lipinski definition) is 3. The largest absolute Gasteiger partial charge is 0.453 e. The third-order valence-corrected chi connectivity index (χ3v) is 1.65. The van der Waals surface area contributed by atoms with E-state index >= 15 is 0 Å². The number of nitrogens with two attached hydrogens (primary N) is 1. The first-order valence-electron chi connectivity index (χ1n) is 3.43. The topological polar surface area (TPSA) is 44.5 Å². The molecule has 0 saturated heterocycles. The Balaban J connectivity index is 2.60. The molecule has 11 heavy (non-hydrogen) atoms. The fourth-order valence-electron chi connectivity index (χ4n) is 1.18. The molecular weight excluding hydrogens is 142 g/mol. The number of aryl methyl sites for hydroxylation is 1. The Kier molecular flexibility index (Phi) is 1.18. The highest BCUT2D eigenvalue weighted by Crippen LogP contribution is 2.38. The van der Waals surface area contributed by atoms with Gasteiger partial charge in [-0.25, -0.2) is 0 Å². The summed E-state index contributed by atoms with van der Waals surface area (Å²) in [6.07, 6.45) is 0. The van der Waals surface area contributed by atoms with E-state index in [4.69, 9.17) is 15.2 Å². The number of anilines is 1. The lowest BCUT2D eigenvalue weighted by molar-refractivity contribution is 0.174. The Morgan fingerprint density at radius 3 is 3.00 bits per heavy atom. The first-order chi connectivity index (χ1) is 5.27. The van der Waals surface area contributed by atoms with Crippen molar-refractivity contribution in [2.24, 2.45) is 0 Å². The highest BCUT2D eigenvalue weighted by Gasteiger charge is 2.16. The molecule has 0 radical (unpaired) electrons. The van der Waals surface area contributed by atoms with Crippen LogP contribution in [0.1, 0.15) is 5.56 Å². The quantitative estimate of drug-likeness (QED) is 0.568. The highest BCUT2D eigenvalue weighted by atomic mass is 16.7. The van der Waals surface area contributed by atoms with Crippen LogP contribution in [0.2, 0.25) is 0 Å². The molecule has 58 valence electrons. The van der Waals surface area contributed by atoms with E-state index in [9.17, 15) is 0 Å². The minimum atomic E-state index is 0.281. The van der Waals surface area contributed by atoms with E-state index in [1.54, 1.807) is 0 Å². The van der Waals surface area contributed by atoms with Crippen LogP contribution in [0, 0.1) is 6.92 Å². The first kappa shape index (κ1) is 6.34. The minimum absolute atomic E-state index is 0.281. The molecule has 0 spiro atoms. The summed E-state index contributed by atoms with van der Waals surface area (Å²) in [6, 6.07) is 3.78. The Morgan fingerprint density at radius 1 is 1.36 bits per heavy atom. The van der Waals surface area contributed by atoms with Crippen molar-refractivity contribution in [1.82, 2.24) is 0 Å². The molecule has 0 amide bonds. The maximum Gasteiger partial charge on any atom is 0.231 e. The van der Waals surface area contributed by atoms with Crippen LogP contribution in [0.25, 0.3) is 0 Å². The van der Waals surface area contributed by atoms with Crippen molar-refractivity contribution in [3.63, 3.8) is 0 Å². The summed E-state index contributed by atoms with van der Waals surface area (Å²) >= 11 is 0. The van der Waals surface area contributed by atoms with Crippen molar-refractivity contribution >= 4 is 5.69 Å². The smallest absolute Gasteiger partial charge is 0.231 e. The van der Waals surface area contributed by atoms with Crippen LogP contribution in [0.15, 0.2) is 12.1 Å². The molecule has 0 aromatic heterocycles. The van der Waals surface area contributed by atoms with Crippen molar-refractivity contribution in [3.8, 4) is 11.5 Å². The highest BCUT2D eigenvalue weighted by molar-refractivity contribution is 5.62. The van der Waals surface area contributed by atoms with Gasteiger partial charge in [-0.1, -0.05) is 0 Å². The Hall–Kier alpha value is -1.38. The molecule has 0 aliphatic carbocycles. The monoisotopic (exact) mass is 151 g/mol. The van der Waals surface area contributed by atoms with Gasteiger partial charge in [0, 0.05) is 0 Å². The molecule has 0 bridgehead atoms. The zero-order valence-corrected chi connectivity index (χ0v) is 6.26. The molecule has 1 aromatic rings. The van der Waals surface area contributed by atoms with E-state index in [2.05, 4.69) is 0 Å². The van der Waals surface area contributed by atoms with Crippen molar-refractivity contribution in [3.05, 3.63) is 17.7 Å². The molecule has 1 aromatic carbocycles. The molecular formula is C8H9NO2. The molecule has 0 fully saturated rings. The van der Waals surface area contributed by atoms with Crippen LogP contribution in [0.5, 0.6) is 11.5 Å². The summed E-state index contributed by atoms with van der Waals surface area (Å²) in [5.41, 5.74) is 7.41. The lowest BCUT2D eigenvalue weighted by Gasteiger charge is -2.00. The molecule has 3 nitrogen and oxygen atoms in total. The predicted octanol–water partition coefficient (Wildman–Crippen LogP) is 1.31. The van der Waals surface area contributed by atoms with Crippen LogP contribution < -0.4 is 15.2 Å². The van der Waals surface area contributed by atoms with Gasteiger partial charge in [-0.3, -0.25) is 0 Å². The first-order valence-corrected chi connectivity index (χ1v) is 3.43. The average molecular weight is 151 g/mol. The van der Waals surface area contributed by atoms with Crippen LogP contribution in [0.4, 0.5) is 5.69 Å². The summed E-state index contributed by atoms with van der Waals surface area (Å²) in [5, 5.41) is 0. The van der Waals surface area contributed by atoms with Crippen molar-refractivity contribution in [1.29, 1.82) is 0 Å². The standard InChI is InChI=1S/C8H9NO2/c1-5-2-6(9)8-7(3-5)10-4-11-8/h2-3H,4,9H2,1H3. The third-order valence-electron chi connectivity index (χ3n) is 1.65. The van der Waals surface area contributed by atoms with Gasteiger partial charge in [0.1, 0.15) is 0 Å². The maximum atomic E-state index is 5.67. The van der Waals surface area contributed by atoms with Crippen LogP contribution >= 0.6 is 0 Å². The fourth-order valence-corrected chi connectivity index (χ4v) is 1.18.